The third kappa shape index (κ3) is 5.80. The molecular formula is C16H32N2O2. The summed E-state index contributed by atoms with van der Waals surface area (Å²) in [4.78, 5) is 14.5. The first kappa shape index (κ1) is 17.4. The molecule has 0 aromatic rings. The smallest absolute Gasteiger partial charge is 0.325 e. The summed E-state index contributed by atoms with van der Waals surface area (Å²) in [7, 11) is 1.47. The Bertz CT molecular complexity index is 292. The van der Waals surface area contributed by atoms with Crippen LogP contribution in [0.5, 0.6) is 0 Å². The lowest BCUT2D eigenvalue weighted by atomic mass is 9.97. The second kappa shape index (κ2) is 8.63. The van der Waals surface area contributed by atoms with E-state index in [9.17, 15) is 4.79 Å². The highest BCUT2D eigenvalue weighted by atomic mass is 16.5. The summed E-state index contributed by atoms with van der Waals surface area (Å²) >= 11 is 0. The van der Waals surface area contributed by atoms with E-state index in [2.05, 4.69) is 24.1 Å². The van der Waals surface area contributed by atoms with Crippen molar-refractivity contribution < 1.29 is 9.53 Å². The molecule has 1 atom stereocenters. The maximum absolute atomic E-state index is 12.0. The van der Waals surface area contributed by atoms with Crippen molar-refractivity contribution in [3.05, 3.63) is 0 Å². The van der Waals surface area contributed by atoms with Gasteiger partial charge in [-0.1, -0.05) is 13.8 Å². The topological polar surface area (TPSA) is 41.6 Å². The summed E-state index contributed by atoms with van der Waals surface area (Å²) in [5.74, 6) is 0.753. The second-order valence-electron chi connectivity index (χ2n) is 6.24. The van der Waals surface area contributed by atoms with Gasteiger partial charge in [0.25, 0.3) is 0 Å². The predicted molar refractivity (Wildman–Crippen MR) is 82.8 cm³/mol. The number of nitrogens with one attached hydrogen (secondary N) is 1. The summed E-state index contributed by atoms with van der Waals surface area (Å²) in [6, 6.07) is 0. The molecule has 0 amide bonds. The van der Waals surface area contributed by atoms with E-state index >= 15 is 0 Å². The molecule has 0 heterocycles. The number of esters is 1. The molecule has 0 radical (unpaired) electrons. The van der Waals surface area contributed by atoms with E-state index in [0.29, 0.717) is 0 Å². The summed E-state index contributed by atoms with van der Waals surface area (Å²) in [6.07, 6.45) is 5.76. The van der Waals surface area contributed by atoms with E-state index in [-0.39, 0.29) is 5.97 Å². The fourth-order valence-corrected chi connectivity index (χ4v) is 2.55. The Hall–Kier alpha value is -0.610. The first-order valence-corrected chi connectivity index (χ1v) is 8.11. The van der Waals surface area contributed by atoms with Crippen molar-refractivity contribution in [2.75, 3.05) is 33.3 Å². The van der Waals surface area contributed by atoms with Gasteiger partial charge >= 0.3 is 5.97 Å². The van der Waals surface area contributed by atoms with Gasteiger partial charge in [0, 0.05) is 13.1 Å². The van der Waals surface area contributed by atoms with Gasteiger partial charge in [0.15, 0.2) is 0 Å². The molecule has 1 rings (SSSR count). The average Bonchev–Trinajstić information content (AvgIpc) is 3.25. The van der Waals surface area contributed by atoms with Crippen LogP contribution in [0.15, 0.2) is 0 Å². The van der Waals surface area contributed by atoms with Crippen LogP contribution in [0.1, 0.15) is 52.9 Å². The molecule has 0 spiro atoms. The number of nitrogens with zero attached hydrogens (tertiary/aromatic N) is 1. The Morgan fingerprint density at radius 1 is 1.30 bits per heavy atom. The van der Waals surface area contributed by atoms with Gasteiger partial charge in [-0.05, 0) is 58.0 Å². The number of hydrogen-bond acceptors (Lipinski definition) is 4. The van der Waals surface area contributed by atoms with Gasteiger partial charge in [-0.15, -0.1) is 0 Å². The van der Waals surface area contributed by atoms with E-state index in [1.807, 2.05) is 6.92 Å². The quantitative estimate of drug-likeness (QED) is 0.592. The first-order valence-electron chi connectivity index (χ1n) is 8.11. The van der Waals surface area contributed by atoms with Gasteiger partial charge in [0.05, 0.1) is 7.11 Å². The van der Waals surface area contributed by atoms with E-state index in [1.165, 1.54) is 32.9 Å². The molecule has 20 heavy (non-hydrogen) atoms. The molecule has 4 heteroatoms. The van der Waals surface area contributed by atoms with Gasteiger partial charge < -0.3 is 15.0 Å². The van der Waals surface area contributed by atoms with Crippen LogP contribution < -0.4 is 5.32 Å². The molecule has 4 nitrogen and oxygen atoms in total. The zero-order valence-electron chi connectivity index (χ0n) is 13.7. The largest absolute Gasteiger partial charge is 0.468 e. The molecule has 1 aliphatic rings. The maximum Gasteiger partial charge on any atom is 0.325 e. The van der Waals surface area contributed by atoms with Crippen molar-refractivity contribution in [1.29, 1.82) is 0 Å². The normalized spacial score (nSPS) is 18.1. The van der Waals surface area contributed by atoms with Crippen molar-refractivity contribution >= 4 is 5.97 Å². The number of carbonyl (C=O) groups is 1. The standard InChI is InChI=1S/C16H32N2O2/c1-5-10-17-16(3,15(19)20-4)9-12-18(11-6-2)13-14-7-8-14/h14,17H,5-13H2,1-4H3. The zero-order chi connectivity index (χ0) is 15.0. The van der Waals surface area contributed by atoms with Crippen LogP contribution in [0, 0.1) is 5.92 Å². The highest BCUT2D eigenvalue weighted by Gasteiger charge is 2.34. The van der Waals surface area contributed by atoms with Crippen LogP contribution in [-0.2, 0) is 9.53 Å². The minimum Gasteiger partial charge on any atom is -0.468 e. The van der Waals surface area contributed by atoms with E-state index in [4.69, 9.17) is 4.74 Å². The predicted octanol–water partition coefficient (Wildman–Crippen LogP) is 2.43. The number of rotatable bonds is 11. The summed E-state index contributed by atoms with van der Waals surface area (Å²) in [5, 5.41) is 3.36. The Morgan fingerprint density at radius 3 is 2.50 bits per heavy atom. The van der Waals surface area contributed by atoms with Crippen LogP contribution in [-0.4, -0.2) is 49.7 Å². The molecule has 0 aliphatic heterocycles. The van der Waals surface area contributed by atoms with Crippen molar-refractivity contribution in [2.45, 2.75) is 58.4 Å². The first-order chi connectivity index (χ1) is 9.55. The Labute approximate surface area is 124 Å². The second-order valence-corrected chi connectivity index (χ2v) is 6.24. The van der Waals surface area contributed by atoms with Crippen LogP contribution in [0.3, 0.4) is 0 Å². The minimum atomic E-state index is -0.555. The van der Waals surface area contributed by atoms with Crippen LogP contribution in [0.2, 0.25) is 0 Å². The molecule has 1 unspecified atom stereocenters. The van der Waals surface area contributed by atoms with Gasteiger partial charge in [-0.3, -0.25) is 4.79 Å². The van der Waals surface area contributed by atoms with Crippen LogP contribution in [0.4, 0.5) is 0 Å². The molecule has 0 bridgehead atoms. The lowest BCUT2D eigenvalue weighted by Gasteiger charge is -2.31. The number of methoxy groups -OCH3 is 1. The Kier molecular flexibility index (Phi) is 7.52. The van der Waals surface area contributed by atoms with Gasteiger partial charge in [-0.2, -0.15) is 0 Å². The summed E-state index contributed by atoms with van der Waals surface area (Å²) in [6.45, 7) is 10.4. The molecule has 1 saturated carbocycles. The zero-order valence-corrected chi connectivity index (χ0v) is 13.7. The fourth-order valence-electron chi connectivity index (χ4n) is 2.55. The van der Waals surface area contributed by atoms with Crippen LogP contribution in [0.25, 0.3) is 0 Å². The third-order valence-corrected chi connectivity index (χ3v) is 4.08. The van der Waals surface area contributed by atoms with Gasteiger partial charge in [0.1, 0.15) is 5.54 Å². The van der Waals surface area contributed by atoms with Crippen molar-refractivity contribution in [3.63, 3.8) is 0 Å². The summed E-state index contributed by atoms with van der Waals surface area (Å²) in [5.41, 5.74) is -0.555. The van der Waals surface area contributed by atoms with E-state index in [1.54, 1.807) is 0 Å². The molecule has 0 aromatic heterocycles. The van der Waals surface area contributed by atoms with Crippen molar-refractivity contribution in [1.82, 2.24) is 10.2 Å². The molecule has 118 valence electrons. The fraction of sp³-hybridized carbons (Fsp3) is 0.938. The lowest BCUT2D eigenvalue weighted by Crippen LogP contribution is -2.52. The number of ether oxygens (including phenoxy) is 1. The molecule has 1 fully saturated rings. The van der Waals surface area contributed by atoms with Crippen molar-refractivity contribution in [2.24, 2.45) is 5.92 Å². The lowest BCUT2D eigenvalue weighted by molar-refractivity contribution is -0.148. The van der Waals surface area contributed by atoms with Gasteiger partial charge in [-0.25, -0.2) is 0 Å². The number of hydrogen-bond donors (Lipinski definition) is 1. The Balaban J connectivity index is 2.50. The highest BCUT2D eigenvalue weighted by molar-refractivity contribution is 5.80. The highest BCUT2D eigenvalue weighted by Crippen LogP contribution is 2.30. The molecule has 1 N–H and O–H groups in total. The molecular weight excluding hydrogens is 252 g/mol. The molecule has 0 aromatic carbocycles. The third-order valence-electron chi connectivity index (χ3n) is 4.08. The van der Waals surface area contributed by atoms with Gasteiger partial charge in [0.2, 0.25) is 0 Å². The minimum absolute atomic E-state index is 0.145. The maximum atomic E-state index is 12.0. The van der Waals surface area contributed by atoms with Crippen molar-refractivity contribution in [3.8, 4) is 0 Å². The van der Waals surface area contributed by atoms with E-state index in [0.717, 1.165) is 38.4 Å². The molecule has 0 saturated heterocycles. The SMILES string of the molecule is CCCNC(C)(CCN(CCC)CC1CC1)C(=O)OC. The monoisotopic (exact) mass is 284 g/mol. The van der Waals surface area contributed by atoms with E-state index < -0.39 is 5.54 Å². The number of carbonyl (C=O) groups excluding carboxylic acids is 1. The summed E-state index contributed by atoms with van der Waals surface area (Å²) < 4.78 is 4.98. The Morgan fingerprint density at radius 2 is 2.00 bits per heavy atom. The average molecular weight is 284 g/mol. The molecule has 1 aliphatic carbocycles. The van der Waals surface area contributed by atoms with Crippen LogP contribution >= 0.6 is 0 Å².